The summed E-state index contributed by atoms with van der Waals surface area (Å²) in [5, 5.41) is 5.45. The van der Waals surface area contributed by atoms with Crippen LogP contribution in [0.15, 0.2) is 53.4 Å². The quantitative estimate of drug-likeness (QED) is 0.705. The van der Waals surface area contributed by atoms with Crippen molar-refractivity contribution in [3.8, 4) is 0 Å². The van der Waals surface area contributed by atoms with Crippen molar-refractivity contribution in [2.45, 2.75) is 37.6 Å². The van der Waals surface area contributed by atoms with Crippen LogP contribution in [0.1, 0.15) is 30.5 Å². The van der Waals surface area contributed by atoms with E-state index in [1.165, 1.54) is 23.3 Å². The minimum absolute atomic E-state index is 0.265. The highest BCUT2D eigenvalue weighted by molar-refractivity contribution is 7.90. The van der Waals surface area contributed by atoms with Gasteiger partial charge in [0.15, 0.2) is 0 Å². The lowest BCUT2D eigenvalue weighted by Gasteiger charge is -2.25. The highest BCUT2D eigenvalue weighted by Gasteiger charge is 2.23. The summed E-state index contributed by atoms with van der Waals surface area (Å²) in [6.45, 7) is 4.73. The number of nitrogens with zero attached hydrogens (tertiary/aromatic N) is 3. The SMILES string of the molecule is Cc1ccc(S(=O)(=O)n2nc(CN3CCCCC3)c3ccccc32)cc1. The second kappa shape index (κ2) is 6.85. The van der Waals surface area contributed by atoms with Crippen molar-refractivity contribution in [2.75, 3.05) is 13.1 Å². The number of fused-ring (bicyclic) bond motifs is 1. The molecule has 0 amide bonds. The monoisotopic (exact) mass is 369 g/mol. The molecule has 1 aromatic heterocycles. The smallest absolute Gasteiger partial charge is 0.283 e. The lowest BCUT2D eigenvalue weighted by Crippen LogP contribution is -2.29. The molecule has 0 bridgehead atoms. The van der Waals surface area contributed by atoms with E-state index in [9.17, 15) is 8.42 Å². The number of benzene rings is 2. The molecule has 0 spiro atoms. The van der Waals surface area contributed by atoms with Crippen molar-refractivity contribution >= 4 is 20.9 Å². The lowest BCUT2D eigenvalue weighted by molar-refractivity contribution is 0.219. The zero-order chi connectivity index (χ0) is 18.1. The Labute approximate surface area is 154 Å². The minimum atomic E-state index is -3.72. The van der Waals surface area contributed by atoms with Gasteiger partial charge in [-0.15, -0.1) is 0 Å². The maximum atomic E-state index is 13.2. The Morgan fingerprint density at radius 3 is 2.38 bits per heavy atom. The van der Waals surface area contributed by atoms with Gasteiger partial charge in [-0.2, -0.15) is 17.6 Å². The zero-order valence-corrected chi connectivity index (χ0v) is 15.7. The van der Waals surface area contributed by atoms with Crippen LogP contribution >= 0.6 is 0 Å². The predicted octanol–water partition coefficient (Wildman–Crippen LogP) is 3.57. The second-order valence-electron chi connectivity index (χ2n) is 6.96. The third-order valence-electron chi connectivity index (χ3n) is 5.00. The molecule has 1 saturated heterocycles. The van der Waals surface area contributed by atoms with Crippen molar-refractivity contribution < 1.29 is 8.42 Å². The van der Waals surface area contributed by atoms with Crippen LogP contribution in [0.25, 0.3) is 10.9 Å². The largest absolute Gasteiger partial charge is 0.297 e. The predicted molar refractivity (Wildman–Crippen MR) is 103 cm³/mol. The Morgan fingerprint density at radius 2 is 1.65 bits per heavy atom. The molecule has 1 aliphatic rings. The molecule has 0 N–H and O–H groups in total. The van der Waals surface area contributed by atoms with E-state index in [0.717, 1.165) is 29.7 Å². The number of aromatic nitrogens is 2. The summed E-state index contributed by atoms with van der Waals surface area (Å²) in [7, 11) is -3.72. The van der Waals surface area contributed by atoms with E-state index in [2.05, 4.69) is 10.00 Å². The molecule has 1 fully saturated rings. The number of hydrogen-bond acceptors (Lipinski definition) is 4. The highest BCUT2D eigenvalue weighted by Crippen LogP contribution is 2.25. The molecule has 6 heteroatoms. The number of rotatable bonds is 4. The van der Waals surface area contributed by atoms with Gasteiger partial charge in [-0.3, -0.25) is 4.90 Å². The van der Waals surface area contributed by atoms with Crippen molar-refractivity contribution in [2.24, 2.45) is 0 Å². The van der Waals surface area contributed by atoms with Gasteiger partial charge in [0.2, 0.25) is 0 Å². The molecule has 4 rings (SSSR count). The van der Waals surface area contributed by atoms with Crippen LogP contribution in [-0.4, -0.2) is 35.6 Å². The van der Waals surface area contributed by atoms with Gasteiger partial charge in [-0.05, 0) is 51.1 Å². The normalized spacial score (nSPS) is 16.2. The Bertz CT molecular complexity index is 1020. The van der Waals surface area contributed by atoms with E-state index in [-0.39, 0.29) is 4.90 Å². The average molecular weight is 369 g/mol. The first-order valence-corrected chi connectivity index (χ1v) is 10.5. The van der Waals surface area contributed by atoms with Crippen molar-refractivity contribution in [1.82, 2.24) is 14.1 Å². The van der Waals surface area contributed by atoms with Gasteiger partial charge < -0.3 is 0 Å². The van der Waals surface area contributed by atoms with E-state index in [1.54, 1.807) is 12.1 Å². The molecule has 0 saturated carbocycles. The third kappa shape index (κ3) is 3.15. The van der Waals surface area contributed by atoms with Crippen molar-refractivity contribution in [1.29, 1.82) is 0 Å². The number of hydrogen-bond donors (Lipinski definition) is 0. The Kier molecular flexibility index (Phi) is 4.54. The maximum absolute atomic E-state index is 13.2. The summed E-state index contributed by atoms with van der Waals surface area (Å²) in [5.41, 5.74) is 2.50. The van der Waals surface area contributed by atoms with Crippen LogP contribution in [0.3, 0.4) is 0 Å². The van der Waals surface area contributed by atoms with Crippen LogP contribution in [0, 0.1) is 6.92 Å². The molecule has 2 aromatic carbocycles. The Morgan fingerprint density at radius 1 is 0.962 bits per heavy atom. The molecule has 0 radical (unpaired) electrons. The molecular weight excluding hydrogens is 346 g/mol. The Hall–Kier alpha value is -2.18. The number of likely N-dealkylation sites (tertiary alicyclic amines) is 1. The first kappa shape index (κ1) is 17.2. The third-order valence-corrected chi connectivity index (χ3v) is 6.60. The van der Waals surface area contributed by atoms with Crippen LogP contribution in [0.4, 0.5) is 0 Å². The molecule has 26 heavy (non-hydrogen) atoms. The molecular formula is C20H23N3O2S. The standard InChI is InChI=1S/C20H23N3O2S/c1-16-9-11-17(12-10-16)26(24,25)23-20-8-4-3-7-18(20)19(21-23)15-22-13-5-2-6-14-22/h3-4,7-12H,2,5-6,13-15H2,1H3. The summed E-state index contributed by atoms with van der Waals surface area (Å²) < 4.78 is 27.5. The summed E-state index contributed by atoms with van der Waals surface area (Å²) in [6.07, 6.45) is 3.66. The van der Waals surface area contributed by atoms with E-state index in [4.69, 9.17) is 0 Å². The lowest BCUT2D eigenvalue weighted by atomic mass is 10.1. The molecule has 0 aliphatic carbocycles. The van der Waals surface area contributed by atoms with E-state index in [0.29, 0.717) is 12.1 Å². The first-order valence-electron chi connectivity index (χ1n) is 9.07. The number of para-hydroxylation sites is 1. The maximum Gasteiger partial charge on any atom is 0.283 e. The number of piperidine rings is 1. The van der Waals surface area contributed by atoms with Crippen molar-refractivity contribution in [3.63, 3.8) is 0 Å². The fourth-order valence-corrected chi connectivity index (χ4v) is 4.85. The zero-order valence-electron chi connectivity index (χ0n) is 14.9. The summed E-state index contributed by atoms with van der Waals surface area (Å²) in [6, 6.07) is 14.5. The molecule has 3 aromatic rings. The Balaban J connectivity index is 1.79. The second-order valence-corrected chi connectivity index (χ2v) is 8.73. The van der Waals surface area contributed by atoms with Crippen molar-refractivity contribution in [3.05, 3.63) is 59.8 Å². The topological polar surface area (TPSA) is 55.2 Å². The first-order chi connectivity index (χ1) is 12.6. The van der Waals surface area contributed by atoms with Crippen LogP contribution in [-0.2, 0) is 16.6 Å². The molecule has 1 aliphatic heterocycles. The molecule has 0 unspecified atom stereocenters. The van der Waals surface area contributed by atoms with Gasteiger partial charge >= 0.3 is 0 Å². The summed E-state index contributed by atoms with van der Waals surface area (Å²) >= 11 is 0. The van der Waals surface area contributed by atoms with Crippen LogP contribution < -0.4 is 0 Å². The molecule has 0 atom stereocenters. The van der Waals surface area contributed by atoms with E-state index in [1.807, 2.05) is 43.3 Å². The minimum Gasteiger partial charge on any atom is -0.297 e. The number of aryl methyl sites for hydroxylation is 1. The van der Waals surface area contributed by atoms with Crippen LogP contribution in [0.2, 0.25) is 0 Å². The van der Waals surface area contributed by atoms with E-state index >= 15 is 0 Å². The fourth-order valence-electron chi connectivity index (χ4n) is 3.54. The van der Waals surface area contributed by atoms with Crippen LogP contribution in [0.5, 0.6) is 0 Å². The highest BCUT2D eigenvalue weighted by atomic mass is 32.2. The van der Waals surface area contributed by atoms with Gasteiger partial charge in [0.05, 0.1) is 16.1 Å². The average Bonchev–Trinajstić information content (AvgIpc) is 3.02. The van der Waals surface area contributed by atoms with Gasteiger partial charge in [0.25, 0.3) is 10.0 Å². The van der Waals surface area contributed by atoms with Gasteiger partial charge in [0, 0.05) is 11.9 Å². The van der Waals surface area contributed by atoms with Gasteiger partial charge in [-0.1, -0.05) is 42.3 Å². The molecule has 136 valence electrons. The fraction of sp³-hybridized carbons (Fsp3) is 0.350. The molecule has 2 heterocycles. The van der Waals surface area contributed by atoms with Gasteiger partial charge in [-0.25, -0.2) is 0 Å². The summed E-state index contributed by atoms with van der Waals surface area (Å²) in [5.74, 6) is 0. The molecule has 5 nitrogen and oxygen atoms in total. The van der Waals surface area contributed by atoms with E-state index < -0.39 is 10.0 Å². The summed E-state index contributed by atoms with van der Waals surface area (Å²) in [4.78, 5) is 2.63. The van der Waals surface area contributed by atoms with Gasteiger partial charge in [0.1, 0.15) is 0 Å².